The molecule has 0 bridgehead atoms. The quantitative estimate of drug-likeness (QED) is 0.161. The number of para-hydroxylation sites is 9. The lowest BCUT2D eigenvalue weighted by molar-refractivity contribution is -0.146. The number of morpholine rings is 1. The van der Waals surface area contributed by atoms with Crippen molar-refractivity contribution in [3.05, 3.63) is 273 Å². The summed E-state index contributed by atoms with van der Waals surface area (Å²) in [7, 11) is 0. The second-order valence-corrected chi connectivity index (χ2v) is 35.2. The van der Waals surface area contributed by atoms with Crippen molar-refractivity contribution in [2.75, 3.05) is 21.2 Å². The first-order valence-electron chi connectivity index (χ1n) is 42.5. The van der Waals surface area contributed by atoms with Crippen LogP contribution in [0.4, 0.5) is 17.1 Å². The van der Waals surface area contributed by atoms with Crippen molar-refractivity contribution in [1.82, 2.24) is 23.6 Å². The van der Waals surface area contributed by atoms with Crippen molar-refractivity contribution < 1.29 is 4.74 Å². The Morgan fingerprint density at radius 2 is 0.609 bits per heavy atom. The van der Waals surface area contributed by atoms with Crippen LogP contribution in [-0.2, 0) is 4.74 Å². The molecule has 18 unspecified atom stereocenters. The molecule has 0 radical (unpaired) electrons. The van der Waals surface area contributed by atoms with Crippen molar-refractivity contribution in [3.8, 4) is 11.4 Å². The highest BCUT2D eigenvalue weighted by Gasteiger charge is 2.62. The maximum absolute atomic E-state index is 7.95. The van der Waals surface area contributed by atoms with Crippen LogP contribution in [0.3, 0.4) is 0 Å². The Morgan fingerprint density at radius 3 is 1.10 bits per heavy atom. The van der Waals surface area contributed by atoms with Crippen molar-refractivity contribution >= 4 is 104 Å². The summed E-state index contributed by atoms with van der Waals surface area (Å²) in [5.74, 6) is 3.50. The molecule has 9 nitrogen and oxygen atoms in total. The van der Waals surface area contributed by atoms with Gasteiger partial charge >= 0.3 is 0 Å². The minimum absolute atomic E-state index is 0.163. The predicted octanol–water partition coefficient (Wildman–Crippen LogP) is 23.0. The normalized spacial score (nSPS) is 30.2. The second kappa shape index (κ2) is 25.8. The summed E-state index contributed by atoms with van der Waals surface area (Å²) in [5.41, 5.74) is 17.3. The maximum atomic E-state index is 7.95. The van der Waals surface area contributed by atoms with E-state index in [4.69, 9.17) is 10.1 Å². The topological polar surface area (TPSA) is 50.7 Å². The van der Waals surface area contributed by atoms with Crippen molar-refractivity contribution in [2.24, 2.45) is 41.4 Å². The van der Waals surface area contributed by atoms with E-state index in [-0.39, 0.29) is 18.2 Å². The Bertz CT molecular complexity index is 5690. The molecule has 3 aliphatic heterocycles. The molecule has 9 fully saturated rings. The zero-order valence-corrected chi connectivity index (χ0v) is 62.9. The highest BCUT2D eigenvalue weighted by atomic mass is 16.5. The summed E-state index contributed by atoms with van der Waals surface area (Å²) in [4.78, 5) is 9.25. The number of ether oxygens (including phenoxy) is 1. The molecule has 24 rings (SSSR count). The van der Waals surface area contributed by atoms with Gasteiger partial charge in [-0.15, -0.1) is 0 Å². The van der Waals surface area contributed by atoms with Gasteiger partial charge in [-0.3, -0.25) is 0 Å². The third-order valence-electron chi connectivity index (χ3n) is 30.5. The molecule has 1 N–H and O–H groups in total. The average Bonchev–Trinajstić information content (AvgIpc) is 0.849. The summed E-state index contributed by atoms with van der Waals surface area (Å²) in [6.45, 7) is 0.947. The predicted molar refractivity (Wildman–Crippen MR) is 454 cm³/mol. The van der Waals surface area contributed by atoms with Crippen LogP contribution >= 0.6 is 0 Å². The van der Waals surface area contributed by atoms with Crippen LogP contribution in [0.2, 0.25) is 0 Å². The monoisotopic (exact) mass is 1440 g/mol. The molecule has 3 saturated heterocycles. The first-order chi connectivity index (χ1) is 54.6. The largest absolute Gasteiger partial charge is 0.371 e. The van der Waals surface area contributed by atoms with Crippen LogP contribution in [0.15, 0.2) is 273 Å². The molecule has 6 aliphatic carbocycles. The third-order valence-corrected chi connectivity index (χ3v) is 30.5. The number of anilines is 3. The minimum Gasteiger partial charge on any atom is -0.371 e. The number of piperazine rings is 1. The minimum atomic E-state index is 0.163. The van der Waals surface area contributed by atoms with Gasteiger partial charge in [-0.1, -0.05) is 189 Å². The van der Waals surface area contributed by atoms with Crippen LogP contribution in [0.1, 0.15) is 115 Å². The summed E-state index contributed by atoms with van der Waals surface area (Å²) >= 11 is 0. The lowest BCUT2D eigenvalue weighted by Crippen LogP contribution is -2.73. The summed E-state index contributed by atoms with van der Waals surface area (Å²) in [6, 6.07) is 109. The number of nitrogens with zero attached hydrogens (tertiary/aromatic N) is 7. The van der Waals surface area contributed by atoms with Crippen LogP contribution in [0, 0.1) is 41.4 Å². The Hall–Kier alpha value is -10.1. The molecular weight excluding hydrogens is 1340 g/mol. The smallest absolute Gasteiger partial charge is 0.0786 e. The molecule has 9 heteroatoms. The molecule has 4 aromatic heterocycles. The Labute approximate surface area is 645 Å². The standard InChI is InChI=1S/C101H98N8O/c1-4-26-63(27-5-1)103-93-44-22-23-45-94(93)104(64-28-6-2-7-29-64)97-59-79-78(58-96(97)103)70-51-48-66(108-89-42-20-14-36-75(89)81-55-67(49-52-91(81)108)106-85-38-16-10-32-71(85)72-33-11-17-39-86(72)106)54-77(70)80-60-98-100(110-99-47-25-24-46-95(99)105(98)65-30-8-3-9-31-65)61-84(80)101-83(79)57-69(62-102-101)109-90-43-21-15-37-76(90)82-56-68(50-53-92(82)109)107-87-40-18-12-34-73(87)74-35-13-19-41-88(74)107/h1-21,26-43,49-50,52-53,55-56,66,69-70,77-80,83-84,93-102H,22-25,44-48,51,54,57-62H2. The van der Waals surface area contributed by atoms with E-state index in [9.17, 15) is 0 Å². The van der Waals surface area contributed by atoms with E-state index < -0.39 is 0 Å². The number of hydrogen-bond acceptors (Lipinski definition) is 5. The lowest BCUT2D eigenvalue weighted by atomic mass is 9.48. The average molecular weight is 1440 g/mol. The fourth-order valence-corrected chi connectivity index (χ4v) is 26.5. The van der Waals surface area contributed by atoms with Crippen LogP contribution in [0.25, 0.3) is 98.6 Å². The molecule has 6 saturated carbocycles. The number of aromatic nitrogens is 4. The van der Waals surface area contributed by atoms with Gasteiger partial charge in [0.1, 0.15) is 0 Å². The van der Waals surface area contributed by atoms with Crippen molar-refractivity contribution in [3.63, 3.8) is 0 Å². The zero-order chi connectivity index (χ0) is 71.8. The zero-order valence-electron chi connectivity index (χ0n) is 62.9. The number of piperidine rings is 1. The van der Waals surface area contributed by atoms with Crippen molar-refractivity contribution in [1.29, 1.82) is 0 Å². The van der Waals surface area contributed by atoms with E-state index in [1.807, 2.05) is 0 Å². The van der Waals surface area contributed by atoms with Crippen LogP contribution in [-0.4, -0.2) is 79.3 Å². The lowest BCUT2D eigenvalue weighted by Gasteiger charge is -2.66. The summed E-state index contributed by atoms with van der Waals surface area (Å²) in [5, 5.41) is 15.5. The molecular formula is C101H98N8O. The van der Waals surface area contributed by atoms with E-state index in [2.05, 4.69) is 306 Å². The molecule has 18 atom stereocenters. The molecule has 15 aromatic rings. The maximum Gasteiger partial charge on any atom is 0.0786 e. The molecule has 7 heterocycles. The van der Waals surface area contributed by atoms with Gasteiger partial charge in [0.25, 0.3) is 0 Å². The highest BCUT2D eigenvalue weighted by molar-refractivity contribution is 6.13. The van der Waals surface area contributed by atoms with Gasteiger partial charge in [0, 0.05) is 130 Å². The molecule has 0 spiro atoms. The fourth-order valence-electron chi connectivity index (χ4n) is 26.5. The Balaban J connectivity index is 0.688. The van der Waals surface area contributed by atoms with E-state index in [0.29, 0.717) is 89.8 Å². The van der Waals surface area contributed by atoms with Gasteiger partial charge in [-0.2, -0.15) is 0 Å². The van der Waals surface area contributed by atoms with E-state index >= 15 is 0 Å². The fraction of sp³-hybridized carbons (Fsp3) is 0.347. The van der Waals surface area contributed by atoms with Crippen LogP contribution in [0.5, 0.6) is 0 Å². The van der Waals surface area contributed by atoms with Gasteiger partial charge in [0.2, 0.25) is 0 Å². The molecule has 548 valence electrons. The number of benzene rings is 11. The number of hydrogen-bond donors (Lipinski definition) is 1. The summed E-state index contributed by atoms with van der Waals surface area (Å²) in [6.07, 6.45) is 19.9. The molecule has 110 heavy (non-hydrogen) atoms. The van der Waals surface area contributed by atoms with Gasteiger partial charge < -0.3 is 43.0 Å². The summed E-state index contributed by atoms with van der Waals surface area (Å²) < 4.78 is 18.8. The van der Waals surface area contributed by atoms with Gasteiger partial charge in [-0.05, 0) is 228 Å². The highest BCUT2D eigenvalue weighted by Crippen LogP contribution is 2.63. The number of fused-ring (bicyclic) bond motifs is 24. The first kappa shape index (κ1) is 64.7. The Kier molecular flexibility index (Phi) is 15.2. The van der Waals surface area contributed by atoms with E-state index in [0.717, 1.165) is 25.8 Å². The van der Waals surface area contributed by atoms with Gasteiger partial charge in [-0.25, -0.2) is 0 Å². The first-order valence-corrected chi connectivity index (χ1v) is 42.5. The molecule has 9 aliphatic rings. The SMILES string of the molecule is c1ccc(N2C3CCCCC3OC3CC4C(CC32)C2CC(n3c5ccccc5c5cc(-n6c7ccccc7c7ccccc76)ccc53)CCC2C2CC3C(CC2C2CC(n5c6ccccc6c6cc(-n7c8ccccc8c8ccccc87)ccc65)CNC42)N(c2ccccc2)C2CCCCC2N3c2ccccc2)cc1. The Morgan fingerprint density at radius 1 is 0.245 bits per heavy atom. The third kappa shape index (κ3) is 9.83. The van der Waals surface area contributed by atoms with Gasteiger partial charge in [0.15, 0.2) is 0 Å². The molecule has 0 amide bonds. The second-order valence-electron chi connectivity index (χ2n) is 35.2. The van der Waals surface area contributed by atoms with Crippen LogP contribution < -0.4 is 20.0 Å². The van der Waals surface area contributed by atoms with E-state index in [1.54, 1.807) is 0 Å². The van der Waals surface area contributed by atoms with E-state index in [1.165, 1.54) is 199 Å². The number of nitrogens with one attached hydrogen (secondary N) is 1. The van der Waals surface area contributed by atoms with Gasteiger partial charge in [0.05, 0.1) is 58.4 Å². The number of rotatable bonds is 7. The van der Waals surface area contributed by atoms with Crippen molar-refractivity contribution in [2.45, 2.75) is 169 Å². The molecule has 11 aromatic carbocycles.